The third-order valence-corrected chi connectivity index (χ3v) is 11.6. The molecule has 52 heavy (non-hydrogen) atoms. The van der Waals surface area contributed by atoms with Crippen molar-refractivity contribution < 1.29 is 33.1 Å². The van der Waals surface area contributed by atoms with Crippen molar-refractivity contribution in [2.24, 2.45) is 0 Å². The molecule has 3 aromatic carbocycles. The van der Waals surface area contributed by atoms with Gasteiger partial charge in [0.15, 0.2) is 0 Å². The van der Waals surface area contributed by atoms with Crippen LogP contribution in [0.25, 0.3) is 0 Å². The van der Waals surface area contributed by atoms with Gasteiger partial charge in [-0.15, -0.1) is 11.3 Å². The van der Waals surface area contributed by atoms with Gasteiger partial charge in [-0.2, -0.15) is 0 Å². The van der Waals surface area contributed by atoms with Crippen molar-refractivity contribution in [2.75, 3.05) is 23.7 Å². The molecule has 3 amide bonds. The Morgan fingerprint density at radius 1 is 0.827 bits per heavy atom. The molecule has 3 heterocycles. The summed E-state index contributed by atoms with van der Waals surface area (Å²) in [5.74, 6) is -3.42. The lowest BCUT2D eigenvalue weighted by Gasteiger charge is -2.40. The number of aromatic carboxylic acids is 1. The summed E-state index contributed by atoms with van der Waals surface area (Å²) in [5, 5.41) is 15.2. The van der Waals surface area contributed by atoms with Crippen molar-refractivity contribution in [2.45, 2.75) is 76.9 Å². The highest BCUT2D eigenvalue weighted by Gasteiger charge is 2.41. The molecule has 3 N–H and O–H groups in total. The maximum Gasteiger partial charge on any atom is 0.335 e. The first kappa shape index (κ1) is 35.5. The van der Waals surface area contributed by atoms with Crippen LogP contribution in [-0.4, -0.2) is 63.8 Å². The number of nitrogens with one attached hydrogen (secondary N) is 2. The number of hydrogen-bond donors (Lipinski definition) is 3. The van der Waals surface area contributed by atoms with Gasteiger partial charge in [-0.05, 0) is 104 Å². The number of aryl methyl sites for hydroxylation is 2. The first-order valence-corrected chi connectivity index (χ1v) is 18.5. The Morgan fingerprint density at radius 2 is 1.52 bits per heavy atom. The standard InChI is InChI=1S/C40H40F2N4O5S/c1-23(47)46-29-14-15-30(46)22-45(21-29)20-25-5-4-6-27(17-25)37(48)44-39-36(32-7-2-3-8-35(32)52-39)38(49)43-28-18-33(41)31(34(42)19-28)16-11-24-9-12-26(13-10-24)40(50)51/h4-6,9-10,12-13,17-19,29-30H,2-3,7-8,11,14-16,20-22H2,1H3,(H,43,49)(H,44,48)(H,50,51). The molecule has 0 spiro atoms. The smallest absolute Gasteiger partial charge is 0.335 e. The molecular weight excluding hydrogens is 687 g/mol. The van der Waals surface area contributed by atoms with E-state index in [9.17, 15) is 19.2 Å². The first-order valence-electron chi connectivity index (χ1n) is 17.7. The highest BCUT2D eigenvalue weighted by atomic mass is 32.1. The Hall–Kier alpha value is -4.94. The number of hydrogen-bond acceptors (Lipinski definition) is 6. The second kappa shape index (κ2) is 15.0. The van der Waals surface area contributed by atoms with E-state index in [-0.39, 0.29) is 47.1 Å². The number of thiophene rings is 1. The van der Waals surface area contributed by atoms with Crippen LogP contribution in [0, 0.1) is 11.6 Å². The summed E-state index contributed by atoms with van der Waals surface area (Å²) in [7, 11) is 0. The summed E-state index contributed by atoms with van der Waals surface area (Å²) in [6, 6.07) is 16.2. The van der Waals surface area contributed by atoms with E-state index in [4.69, 9.17) is 5.11 Å². The molecule has 2 saturated heterocycles. The van der Waals surface area contributed by atoms with Crippen LogP contribution in [0.5, 0.6) is 0 Å². The minimum atomic E-state index is -1.05. The number of carbonyl (C=O) groups is 4. The average molecular weight is 727 g/mol. The number of anilines is 2. The van der Waals surface area contributed by atoms with Crippen LogP contribution in [0.1, 0.15) is 90.8 Å². The molecule has 4 aromatic rings. The largest absolute Gasteiger partial charge is 0.478 e. The van der Waals surface area contributed by atoms with Crippen LogP contribution in [0.2, 0.25) is 0 Å². The van der Waals surface area contributed by atoms with Gasteiger partial charge in [-0.3, -0.25) is 19.3 Å². The molecule has 2 unspecified atom stereocenters. The molecular formula is C40H40F2N4O5S. The molecule has 1 aliphatic carbocycles. The summed E-state index contributed by atoms with van der Waals surface area (Å²) in [4.78, 5) is 56.1. The average Bonchev–Trinajstić information content (AvgIpc) is 3.62. The van der Waals surface area contributed by atoms with E-state index in [1.807, 2.05) is 23.1 Å². The number of piperazine rings is 1. The second-order valence-electron chi connectivity index (χ2n) is 13.9. The maximum atomic E-state index is 15.2. The number of nitrogens with zero attached hydrogens (tertiary/aromatic N) is 2. The summed E-state index contributed by atoms with van der Waals surface area (Å²) >= 11 is 1.37. The number of carbonyl (C=O) groups excluding carboxylic acids is 3. The zero-order valence-electron chi connectivity index (χ0n) is 28.8. The molecule has 2 bridgehead atoms. The third kappa shape index (κ3) is 7.49. The van der Waals surface area contributed by atoms with Crippen LogP contribution in [0.15, 0.2) is 60.7 Å². The zero-order chi connectivity index (χ0) is 36.5. The molecule has 0 radical (unpaired) electrons. The first-order chi connectivity index (χ1) is 25.0. The number of amides is 3. The van der Waals surface area contributed by atoms with Crippen LogP contribution >= 0.6 is 11.3 Å². The Morgan fingerprint density at radius 3 is 2.19 bits per heavy atom. The van der Waals surface area contributed by atoms with Gasteiger partial charge in [0.05, 0.1) is 11.1 Å². The van der Waals surface area contributed by atoms with Gasteiger partial charge in [0.25, 0.3) is 11.8 Å². The summed E-state index contributed by atoms with van der Waals surface area (Å²) in [6.45, 7) is 3.89. The van der Waals surface area contributed by atoms with Crippen molar-refractivity contribution in [3.63, 3.8) is 0 Å². The fourth-order valence-electron chi connectivity index (χ4n) is 7.96. The lowest BCUT2D eigenvalue weighted by molar-refractivity contribution is -0.134. The van der Waals surface area contributed by atoms with E-state index >= 15 is 8.78 Å². The van der Waals surface area contributed by atoms with Crippen molar-refractivity contribution in [1.82, 2.24) is 9.80 Å². The molecule has 270 valence electrons. The van der Waals surface area contributed by atoms with Crippen LogP contribution < -0.4 is 10.6 Å². The van der Waals surface area contributed by atoms with Crippen molar-refractivity contribution >= 4 is 45.7 Å². The lowest BCUT2D eigenvalue weighted by atomic mass is 9.95. The van der Waals surface area contributed by atoms with E-state index in [0.29, 0.717) is 35.5 Å². The molecule has 9 nitrogen and oxygen atoms in total. The molecule has 2 aliphatic heterocycles. The van der Waals surface area contributed by atoms with Gasteiger partial charge >= 0.3 is 5.97 Å². The summed E-state index contributed by atoms with van der Waals surface area (Å²) in [5.41, 5.74) is 3.31. The van der Waals surface area contributed by atoms with Gasteiger partial charge in [0.2, 0.25) is 5.91 Å². The van der Waals surface area contributed by atoms with Crippen LogP contribution in [-0.2, 0) is 37.0 Å². The summed E-state index contributed by atoms with van der Waals surface area (Å²) in [6.07, 6.45) is 5.65. The van der Waals surface area contributed by atoms with Gasteiger partial charge in [-0.25, -0.2) is 13.6 Å². The van der Waals surface area contributed by atoms with E-state index in [0.717, 1.165) is 78.9 Å². The van der Waals surface area contributed by atoms with E-state index < -0.39 is 23.5 Å². The number of rotatable bonds is 10. The van der Waals surface area contributed by atoms with Crippen LogP contribution in [0.3, 0.4) is 0 Å². The molecule has 3 aliphatic rings. The van der Waals surface area contributed by atoms with Gasteiger partial charge in [0, 0.05) is 60.3 Å². The van der Waals surface area contributed by atoms with Crippen LogP contribution in [0.4, 0.5) is 19.5 Å². The predicted molar refractivity (Wildman–Crippen MR) is 195 cm³/mol. The zero-order valence-corrected chi connectivity index (χ0v) is 29.7. The number of likely N-dealkylation sites (tertiary alicyclic amines) is 1. The number of carboxylic acids is 1. The Bertz CT molecular complexity index is 2010. The quantitative estimate of drug-likeness (QED) is 0.161. The van der Waals surface area contributed by atoms with Crippen molar-refractivity contribution in [3.05, 3.63) is 116 Å². The minimum Gasteiger partial charge on any atom is -0.478 e. The van der Waals surface area contributed by atoms with E-state index in [1.54, 1.807) is 25.1 Å². The molecule has 2 fully saturated rings. The highest BCUT2D eigenvalue weighted by molar-refractivity contribution is 7.17. The topological polar surface area (TPSA) is 119 Å². The van der Waals surface area contributed by atoms with Gasteiger partial charge in [-0.1, -0.05) is 24.3 Å². The third-order valence-electron chi connectivity index (χ3n) is 10.4. The van der Waals surface area contributed by atoms with Crippen molar-refractivity contribution in [1.29, 1.82) is 0 Å². The second-order valence-corrected chi connectivity index (χ2v) is 15.1. The Kier molecular flexibility index (Phi) is 10.2. The Balaban J connectivity index is 1.04. The SMILES string of the molecule is CC(=O)N1C2CCC1CN(Cc1cccc(C(=O)Nc3sc4c(c3C(=O)Nc3cc(F)c(CCc5ccc(C(=O)O)cc5)c(F)c3)CCCC4)c1)C2. The minimum absolute atomic E-state index is 0.0344. The number of halogens is 2. The lowest BCUT2D eigenvalue weighted by Crippen LogP contribution is -2.54. The van der Waals surface area contributed by atoms with E-state index in [2.05, 4.69) is 15.5 Å². The van der Waals surface area contributed by atoms with Crippen molar-refractivity contribution in [3.8, 4) is 0 Å². The molecule has 1 aromatic heterocycles. The number of carboxylic acid groups (broad SMARTS) is 1. The fourth-order valence-corrected chi connectivity index (χ4v) is 9.24. The van der Waals surface area contributed by atoms with Gasteiger partial charge in [0.1, 0.15) is 16.6 Å². The highest BCUT2D eigenvalue weighted by Crippen LogP contribution is 2.39. The van der Waals surface area contributed by atoms with Gasteiger partial charge < -0.3 is 20.6 Å². The molecule has 7 rings (SSSR count). The monoisotopic (exact) mass is 726 g/mol. The predicted octanol–water partition coefficient (Wildman–Crippen LogP) is 7.09. The molecule has 12 heteroatoms. The van der Waals surface area contributed by atoms with E-state index in [1.165, 1.54) is 23.5 Å². The Labute approximate surface area is 304 Å². The fraction of sp³-hybridized carbons (Fsp3) is 0.350. The molecule has 2 atom stereocenters. The number of fused-ring (bicyclic) bond motifs is 3. The maximum absolute atomic E-state index is 15.2. The number of benzene rings is 3. The summed E-state index contributed by atoms with van der Waals surface area (Å²) < 4.78 is 30.4. The molecule has 0 saturated carbocycles. The normalized spacial score (nSPS) is 18.2.